The highest BCUT2D eigenvalue weighted by Gasteiger charge is 2.81. The van der Waals surface area contributed by atoms with Crippen LogP contribution < -0.4 is 0 Å². The van der Waals surface area contributed by atoms with Crippen LogP contribution in [0.4, 0.5) is 0 Å². The van der Waals surface area contributed by atoms with Gasteiger partial charge in [-0.15, -0.1) is 0 Å². The first-order chi connectivity index (χ1) is 20.0. The van der Waals surface area contributed by atoms with Crippen LogP contribution in [0, 0.1) is 44.8 Å². The van der Waals surface area contributed by atoms with E-state index in [9.17, 15) is 24.9 Å². The van der Waals surface area contributed by atoms with E-state index in [2.05, 4.69) is 40.7 Å². The second kappa shape index (κ2) is 9.22. The average Bonchev–Trinajstić information content (AvgIpc) is 3.76. The van der Waals surface area contributed by atoms with Gasteiger partial charge in [-0.25, -0.2) is 0 Å². The fourth-order valence-corrected chi connectivity index (χ4v) is 11.9. The minimum absolute atomic E-state index is 0.00511. The summed E-state index contributed by atoms with van der Waals surface area (Å²) in [7, 11) is 0. The van der Waals surface area contributed by atoms with Crippen molar-refractivity contribution in [3.8, 4) is 0 Å². The maximum absolute atomic E-state index is 13.9. The number of carbonyl (C=O) groups excluding carboxylic acids is 2. The van der Waals surface area contributed by atoms with Gasteiger partial charge >= 0.3 is 0 Å². The SMILES string of the molecule is C[C@H](CC(=O)C1OC1(C)C)[C@H]1C(=O)C[C@@]2(C)C3=CCC4C(C)(C)[C@@H](O[C@@H]5OC[C@@H](O)[C@@H](O)C5O)CC[C@@]45C[C@@]35CC[C@]12C. The van der Waals surface area contributed by atoms with Gasteiger partial charge in [0.15, 0.2) is 12.1 Å². The van der Waals surface area contributed by atoms with Crippen molar-refractivity contribution >= 4 is 11.6 Å². The molecule has 7 rings (SSSR count). The highest BCUT2D eigenvalue weighted by atomic mass is 16.7. The zero-order valence-corrected chi connectivity index (χ0v) is 27.0. The van der Waals surface area contributed by atoms with Crippen LogP contribution in [0.3, 0.4) is 0 Å². The van der Waals surface area contributed by atoms with E-state index in [0.29, 0.717) is 24.5 Å². The van der Waals surface area contributed by atoms with Crippen LogP contribution in [-0.4, -0.2) is 75.9 Å². The number of aliphatic hydroxyl groups excluding tert-OH is 3. The normalized spacial score (nSPS) is 53.1. The van der Waals surface area contributed by atoms with Gasteiger partial charge in [0, 0.05) is 24.2 Å². The first kappa shape index (κ1) is 30.5. The largest absolute Gasteiger partial charge is 0.388 e. The number of hydrogen-bond acceptors (Lipinski definition) is 8. The van der Waals surface area contributed by atoms with E-state index in [1.54, 1.807) is 0 Å². The summed E-state index contributed by atoms with van der Waals surface area (Å²) in [6.45, 7) is 15.2. The molecular formula is C35H52O8. The number of carbonyl (C=O) groups is 2. The minimum Gasteiger partial charge on any atom is -0.388 e. The lowest BCUT2D eigenvalue weighted by Gasteiger charge is -2.60. The first-order valence-electron chi connectivity index (χ1n) is 16.7. The van der Waals surface area contributed by atoms with Gasteiger partial charge in [-0.05, 0) is 85.9 Å². The van der Waals surface area contributed by atoms with E-state index in [4.69, 9.17) is 14.2 Å². The molecule has 43 heavy (non-hydrogen) atoms. The van der Waals surface area contributed by atoms with Crippen molar-refractivity contribution in [1.82, 2.24) is 0 Å². The zero-order valence-electron chi connectivity index (χ0n) is 27.0. The molecule has 0 aromatic heterocycles. The summed E-state index contributed by atoms with van der Waals surface area (Å²) in [5.41, 5.74) is 0.884. The summed E-state index contributed by atoms with van der Waals surface area (Å²) in [5, 5.41) is 30.7. The third-order valence-corrected chi connectivity index (χ3v) is 14.4. The minimum atomic E-state index is -1.29. The second-order valence-corrected chi connectivity index (χ2v) is 17.2. The Morgan fingerprint density at radius 2 is 1.77 bits per heavy atom. The molecule has 3 unspecified atom stereocenters. The van der Waals surface area contributed by atoms with Crippen molar-refractivity contribution in [2.24, 2.45) is 44.8 Å². The van der Waals surface area contributed by atoms with Gasteiger partial charge < -0.3 is 29.5 Å². The summed E-state index contributed by atoms with van der Waals surface area (Å²) in [5.74, 6) is 0.735. The fraction of sp³-hybridized carbons (Fsp3) is 0.886. The Bertz CT molecular complexity index is 1260. The van der Waals surface area contributed by atoms with Crippen molar-refractivity contribution in [2.75, 3.05) is 6.61 Å². The number of rotatable bonds is 6. The zero-order chi connectivity index (χ0) is 31.1. The molecule has 6 fully saturated rings. The molecule has 3 N–H and O–H groups in total. The molecule has 240 valence electrons. The number of hydrogen-bond donors (Lipinski definition) is 3. The number of aliphatic hydroxyl groups is 3. The standard InChI is InChI=1S/C35H52O8/c1-18(14-19(36)28-31(4,5)43-28)25-20(37)15-33(7)23-9-8-22-30(2,3)24(42-29-27(40)26(39)21(38)16-41-29)10-11-34(22)17-35(23,34)13-12-32(25,33)6/h9,18,21-22,24-29,38-40H,8,10-17H2,1-7H3/t18-,21-,22?,24+,25+,26-,27?,28?,29+,32-,33+,34-,35+/m1/s1. The number of allylic oxidation sites excluding steroid dienone is 2. The highest BCUT2D eigenvalue weighted by molar-refractivity contribution is 5.90. The fourth-order valence-electron chi connectivity index (χ4n) is 11.9. The molecule has 2 spiro atoms. The van der Waals surface area contributed by atoms with E-state index in [1.807, 2.05) is 13.8 Å². The number of ketones is 2. The van der Waals surface area contributed by atoms with Crippen molar-refractivity contribution in [3.63, 3.8) is 0 Å². The van der Waals surface area contributed by atoms with Crippen LogP contribution in [0.2, 0.25) is 0 Å². The Kier molecular flexibility index (Phi) is 6.54. The molecule has 2 aliphatic heterocycles. The van der Waals surface area contributed by atoms with Gasteiger partial charge in [-0.2, -0.15) is 0 Å². The lowest BCUT2D eigenvalue weighted by atomic mass is 9.45. The maximum Gasteiger partial charge on any atom is 0.186 e. The van der Waals surface area contributed by atoms with Gasteiger partial charge in [0.05, 0.1) is 18.3 Å². The molecule has 4 saturated carbocycles. The smallest absolute Gasteiger partial charge is 0.186 e. The molecule has 0 bridgehead atoms. The molecule has 0 amide bonds. The van der Waals surface area contributed by atoms with Gasteiger partial charge in [0.1, 0.15) is 30.2 Å². The van der Waals surface area contributed by atoms with Crippen LogP contribution in [-0.2, 0) is 23.8 Å². The molecule has 0 aromatic rings. The van der Waals surface area contributed by atoms with E-state index < -0.39 is 24.6 Å². The Morgan fingerprint density at radius 3 is 2.44 bits per heavy atom. The van der Waals surface area contributed by atoms with Crippen molar-refractivity contribution in [3.05, 3.63) is 11.6 Å². The summed E-state index contributed by atoms with van der Waals surface area (Å²) in [4.78, 5) is 27.0. The molecule has 0 radical (unpaired) electrons. The van der Waals surface area contributed by atoms with E-state index in [0.717, 1.165) is 38.5 Å². The number of epoxide rings is 1. The third-order valence-electron chi connectivity index (χ3n) is 14.4. The molecular weight excluding hydrogens is 548 g/mol. The monoisotopic (exact) mass is 600 g/mol. The first-order valence-corrected chi connectivity index (χ1v) is 16.7. The molecule has 2 saturated heterocycles. The van der Waals surface area contributed by atoms with Gasteiger partial charge in [0.25, 0.3) is 0 Å². The topological polar surface area (TPSA) is 126 Å². The Labute approximate surface area is 255 Å². The Morgan fingerprint density at radius 1 is 1.07 bits per heavy atom. The number of fused-ring (bicyclic) bond motifs is 2. The van der Waals surface area contributed by atoms with Crippen LogP contribution in [0.1, 0.15) is 99.8 Å². The van der Waals surface area contributed by atoms with E-state index >= 15 is 0 Å². The molecule has 2 heterocycles. The maximum atomic E-state index is 13.9. The Hall–Kier alpha value is -1.16. The van der Waals surface area contributed by atoms with E-state index in [-0.39, 0.29) is 69.1 Å². The highest BCUT2D eigenvalue weighted by Crippen LogP contribution is 2.87. The second-order valence-electron chi connectivity index (χ2n) is 17.2. The summed E-state index contributed by atoms with van der Waals surface area (Å²) < 4.78 is 17.7. The quantitative estimate of drug-likeness (QED) is 0.307. The predicted octanol–water partition coefficient (Wildman–Crippen LogP) is 4.12. The van der Waals surface area contributed by atoms with Gasteiger partial charge in [-0.1, -0.05) is 46.3 Å². The van der Waals surface area contributed by atoms with Gasteiger partial charge in [0.2, 0.25) is 0 Å². The van der Waals surface area contributed by atoms with Crippen molar-refractivity contribution in [1.29, 1.82) is 0 Å². The number of ether oxygens (including phenoxy) is 3. The number of Topliss-reactive ketones (excluding diaryl/α,β-unsaturated/α-hetero) is 2. The summed E-state index contributed by atoms with van der Waals surface area (Å²) in [6.07, 6.45) is 4.39. The van der Waals surface area contributed by atoms with Crippen LogP contribution in [0.25, 0.3) is 0 Å². The van der Waals surface area contributed by atoms with Gasteiger partial charge in [-0.3, -0.25) is 9.59 Å². The molecule has 13 atom stereocenters. The predicted molar refractivity (Wildman–Crippen MR) is 158 cm³/mol. The third kappa shape index (κ3) is 3.89. The van der Waals surface area contributed by atoms with Crippen LogP contribution >= 0.6 is 0 Å². The molecule has 8 nitrogen and oxygen atoms in total. The van der Waals surface area contributed by atoms with Crippen molar-refractivity contribution < 1.29 is 39.1 Å². The van der Waals surface area contributed by atoms with Crippen molar-refractivity contribution in [2.45, 2.75) is 142 Å². The molecule has 0 aromatic carbocycles. The lowest BCUT2D eigenvalue weighted by molar-refractivity contribution is -0.300. The van der Waals surface area contributed by atoms with Crippen LogP contribution in [0.5, 0.6) is 0 Å². The summed E-state index contributed by atoms with van der Waals surface area (Å²) in [6, 6.07) is 0. The lowest BCUT2D eigenvalue weighted by Crippen LogP contribution is -2.58. The molecule has 5 aliphatic carbocycles. The van der Waals surface area contributed by atoms with Crippen LogP contribution in [0.15, 0.2) is 11.6 Å². The Balaban J connectivity index is 1.13. The van der Waals surface area contributed by atoms with E-state index in [1.165, 1.54) is 5.57 Å². The summed E-state index contributed by atoms with van der Waals surface area (Å²) >= 11 is 0. The average molecular weight is 601 g/mol. The molecule has 8 heteroatoms. The molecule has 7 aliphatic rings.